The molecule has 2 aromatic rings. The molecule has 1 saturated heterocycles. The molecule has 0 bridgehead atoms. The van der Waals surface area contributed by atoms with Crippen LogP contribution in [0.5, 0.6) is 0 Å². The average molecular weight is 549 g/mol. The maximum Gasteiger partial charge on any atom is 0.410 e. The summed E-state index contributed by atoms with van der Waals surface area (Å²) < 4.78 is 5.90. The van der Waals surface area contributed by atoms with E-state index in [0.717, 1.165) is 56.2 Å². The number of carbonyl (C=O) groups excluding carboxylic acids is 3. The number of rotatable bonds is 10. The number of aromatic nitrogens is 1. The Kier molecular flexibility index (Phi) is 9.48. The fraction of sp³-hybridized carbons (Fsp3) is 0.562. The van der Waals surface area contributed by atoms with Crippen molar-refractivity contribution in [1.82, 2.24) is 20.1 Å². The van der Waals surface area contributed by atoms with E-state index in [-0.39, 0.29) is 30.0 Å². The highest BCUT2D eigenvalue weighted by molar-refractivity contribution is 5.95. The van der Waals surface area contributed by atoms with E-state index in [1.807, 2.05) is 44.2 Å². The molecule has 1 unspecified atom stereocenters. The number of amides is 3. The number of nitrogens with zero attached hydrogens (tertiary/aromatic N) is 3. The van der Waals surface area contributed by atoms with Crippen LogP contribution in [0.25, 0.3) is 11.3 Å². The minimum atomic E-state index is -0.485. The molecule has 8 nitrogen and oxygen atoms in total. The number of hydrogen-bond acceptors (Lipinski definition) is 5. The molecule has 0 spiro atoms. The summed E-state index contributed by atoms with van der Waals surface area (Å²) in [7, 11) is 1.59. The van der Waals surface area contributed by atoms with Gasteiger partial charge in [0.1, 0.15) is 5.60 Å². The zero-order chi connectivity index (χ0) is 28.9. The van der Waals surface area contributed by atoms with Gasteiger partial charge in [-0.15, -0.1) is 0 Å². The van der Waals surface area contributed by atoms with E-state index in [4.69, 9.17) is 4.74 Å². The smallest absolute Gasteiger partial charge is 0.410 e. The lowest BCUT2D eigenvalue weighted by Crippen LogP contribution is -2.50. The summed E-state index contributed by atoms with van der Waals surface area (Å²) in [5.74, 6) is 0.488. The summed E-state index contributed by atoms with van der Waals surface area (Å²) in [5, 5.41) is 2.59. The van der Waals surface area contributed by atoms with Crippen LogP contribution in [0.15, 0.2) is 42.6 Å². The van der Waals surface area contributed by atoms with E-state index in [0.29, 0.717) is 30.1 Å². The number of pyridine rings is 1. The van der Waals surface area contributed by atoms with E-state index < -0.39 is 5.60 Å². The minimum absolute atomic E-state index is 0.0455. The second-order valence-electron chi connectivity index (χ2n) is 11.9. The number of benzene rings is 1. The molecule has 1 saturated carbocycles. The van der Waals surface area contributed by atoms with E-state index in [1.54, 1.807) is 24.2 Å². The lowest BCUT2D eigenvalue weighted by molar-refractivity contribution is -0.00238. The molecule has 40 heavy (non-hydrogen) atoms. The minimum Gasteiger partial charge on any atom is -0.443 e. The number of hydrogen-bond donors (Lipinski definition) is 1. The summed E-state index contributed by atoms with van der Waals surface area (Å²) in [6.07, 6.45) is 7.89. The van der Waals surface area contributed by atoms with Crippen LogP contribution in [-0.2, 0) is 4.74 Å². The van der Waals surface area contributed by atoms with Gasteiger partial charge in [0.25, 0.3) is 11.8 Å². The molecule has 2 fully saturated rings. The Bertz CT molecular complexity index is 1170. The summed E-state index contributed by atoms with van der Waals surface area (Å²) in [6, 6.07) is 11.5. The van der Waals surface area contributed by atoms with Crippen molar-refractivity contribution in [2.75, 3.05) is 20.1 Å². The first-order valence-corrected chi connectivity index (χ1v) is 14.7. The van der Waals surface area contributed by atoms with Gasteiger partial charge in [-0.05, 0) is 82.6 Å². The van der Waals surface area contributed by atoms with Crippen molar-refractivity contribution in [2.45, 2.75) is 90.3 Å². The van der Waals surface area contributed by atoms with Crippen molar-refractivity contribution >= 4 is 17.9 Å². The first-order valence-electron chi connectivity index (χ1n) is 14.7. The molecule has 2 aliphatic rings. The fourth-order valence-corrected chi connectivity index (χ4v) is 5.24. The van der Waals surface area contributed by atoms with Gasteiger partial charge in [0.05, 0.1) is 11.3 Å². The average Bonchev–Trinajstić information content (AvgIpc) is 3.81. The molecule has 3 amide bonds. The van der Waals surface area contributed by atoms with Crippen molar-refractivity contribution in [3.63, 3.8) is 0 Å². The van der Waals surface area contributed by atoms with E-state index in [1.165, 1.54) is 0 Å². The van der Waals surface area contributed by atoms with Crippen LogP contribution in [0, 0.1) is 5.92 Å². The lowest BCUT2D eigenvalue weighted by Gasteiger charge is -2.39. The number of carbonyl (C=O) groups is 3. The Morgan fingerprint density at radius 2 is 1.65 bits per heavy atom. The van der Waals surface area contributed by atoms with Gasteiger partial charge in [0.15, 0.2) is 0 Å². The topological polar surface area (TPSA) is 91.8 Å². The summed E-state index contributed by atoms with van der Waals surface area (Å²) >= 11 is 0. The first kappa shape index (κ1) is 29.6. The SMILES string of the molecule is CCC(C)CCC(C)(C)OC(=O)N1CCC(N(C(=O)c2ccc(-c3ccc(C(=O)NC)cn3)cc2)C2CC2)CC1. The zero-order valence-corrected chi connectivity index (χ0v) is 24.6. The van der Waals surface area contributed by atoms with Crippen LogP contribution in [0.3, 0.4) is 0 Å². The van der Waals surface area contributed by atoms with Crippen molar-refractivity contribution < 1.29 is 19.1 Å². The van der Waals surface area contributed by atoms with Gasteiger partial charge in [0, 0.05) is 49.5 Å². The van der Waals surface area contributed by atoms with Gasteiger partial charge in [-0.2, -0.15) is 0 Å². The van der Waals surface area contributed by atoms with E-state index in [2.05, 4.69) is 29.0 Å². The quantitative estimate of drug-likeness (QED) is 0.398. The standard InChI is InChI=1S/C32H44N4O4/c1-6-22(2)15-18-32(3,4)40-31(39)35-19-16-27(17-20-35)36(26-12-13-26)30(38)24-9-7-23(8-10-24)28-14-11-25(21-34-28)29(37)33-5/h7-11,14,21-22,26-27H,6,12-13,15-20H2,1-5H3,(H,33,37). The molecule has 1 aromatic carbocycles. The fourth-order valence-electron chi connectivity index (χ4n) is 5.24. The normalized spacial score (nSPS) is 16.8. The van der Waals surface area contributed by atoms with Crippen molar-refractivity contribution in [3.8, 4) is 11.3 Å². The summed E-state index contributed by atoms with van der Waals surface area (Å²) in [5.41, 5.74) is 2.30. The molecule has 1 aromatic heterocycles. The molecule has 216 valence electrons. The molecule has 1 aliphatic heterocycles. The molecular weight excluding hydrogens is 504 g/mol. The second kappa shape index (κ2) is 12.8. The van der Waals surface area contributed by atoms with Crippen LogP contribution in [0.2, 0.25) is 0 Å². The highest BCUT2D eigenvalue weighted by atomic mass is 16.6. The second-order valence-corrected chi connectivity index (χ2v) is 11.9. The van der Waals surface area contributed by atoms with Crippen molar-refractivity contribution in [1.29, 1.82) is 0 Å². The van der Waals surface area contributed by atoms with Gasteiger partial charge in [-0.3, -0.25) is 14.6 Å². The molecule has 2 heterocycles. The van der Waals surface area contributed by atoms with Gasteiger partial charge in [-0.1, -0.05) is 32.4 Å². The molecule has 4 rings (SSSR count). The monoisotopic (exact) mass is 548 g/mol. The lowest BCUT2D eigenvalue weighted by atomic mass is 9.94. The number of piperidine rings is 1. The highest BCUT2D eigenvalue weighted by Gasteiger charge is 2.40. The Hall–Kier alpha value is -3.42. The van der Waals surface area contributed by atoms with Crippen LogP contribution < -0.4 is 5.32 Å². The highest BCUT2D eigenvalue weighted by Crippen LogP contribution is 2.34. The molecule has 8 heteroatoms. The third kappa shape index (κ3) is 7.40. The van der Waals surface area contributed by atoms with Crippen molar-refractivity contribution in [2.24, 2.45) is 5.92 Å². The third-order valence-corrected chi connectivity index (χ3v) is 8.27. The predicted molar refractivity (Wildman–Crippen MR) is 156 cm³/mol. The van der Waals surface area contributed by atoms with Gasteiger partial charge >= 0.3 is 6.09 Å². The molecular formula is C32H44N4O4. The maximum atomic E-state index is 13.6. The van der Waals surface area contributed by atoms with E-state index in [9.17, 15) is 14.4 Å². The first-order chi connectivity index (χ1) is 19.1. The predicted octanol–water partition coefficient (Wildman–Crippen LogP) is 5.92. The summed E-state index contributed by atoms with van der Waals surface area (Å²) in [6.45, 7) is 9.60. The molecule has 1 N–H and O–H groups in total. The zero-order valence-electron chi connectivity index (χ0n) is 24.6. The maximum absolute atomic E-state index is 13.6. The molecule has 0 radical (unpaired) electrons. The van der Waals surface area contributed by atoms with Crippen LogP contribution in [0.4, 0.5) is 4.79 Å². The van der Waals surface area contributed by atoms with Crippen LogP contribution in [-0.4, -0.2) is 70.5 Å². The van der Waals surface area contributed by atoms with E-state index >= 15 is 0 Å². The number of ether oxygens (including phenoxy) is 1. The van der Waals surface area contributed by atoms with Gasteiger partial charge in [0.2, 0.25) is 0 Å². The Labute approximate surface area is 238 Å². The van der Waals surface area contributed by atoms with Crippen molar-refractivity contribution in [3.05, 3.63) is 53.7 Å². The van der Waals surface area contributed by atoms with Gasteiger partial charge < -0.3 is 19.9 Å². The summed E-state index contributed by atoms with van der Waals surface area (Å²) in [4.78, 5) is 46.6. The largest absolute Gasteiger partial charge is 0.443 e. The third-order valence-electron chi connectivity index (χ3n) is 8.27. The molecule has 1 aliphatic carbocycles. The Balaban J connectivity index is 1.34. The molecule has 1 atom stereocenters. The Morgan fingerprint density at radius 3 is 2.20 bits per heavy atom. The van der Waals surface area contributed by atoms with Crippen LogP contribution in [0.1, 0.15) is 93.4 Å². The Morgan fingerprint density at radius 1 is 1.02 bits per heavy atom. The van der Waals surface area contributed by atoms with Gasteiger partial charge in [-0.25, -0.2) is 4.79 Å². The number of nitrogens with one attached hydrogen (secondary N) is 1. The number of likely N-dealkylation sites (tertiary alicyclic amines) is 1. The van der Waals surface area contributed by atoms with Crippen LogP contribution >= 0.6 is 0 Å².